The van der Waals surface area contributed by atoms with Gasteiger partial charge in [0.15, 0.2) is 0 Å². The molecular formula is C27H20BrNO2. The minimum atomic E-state index is -0.168. The van der Waals surface area contributed by atoms with Gasteiger partial charge in [-0.15, -0.1) is 0 Å². The third-order valence-corrected chi connectivity index (χ3v) is 5.26. The molecule has 1 aromatic heterocycles. The maximum absolute atomic E-state index is 13.3. The van der Waals surface area contributed by atoms with Crippen molar-refractivity contribution < 1.29 is 4.74 Å². The smallest absolute Gasteiger partial charge is 0.270 e. The van der Waals surface area contributed by atoms with E-state index < -0.39 is 0 Å². The molecule has 1 heterocycles. The molecule has 0 aliphatic heterocycles. The minimum absolute atomic E-state index is 0.168. The number of hydrogen-bond acceptors (Lipinski definition) is 2. The number of nitrogens with zero attached hydrogens (tertiary/aromatic N) is 1. The van der Waals surface area contributed by atoms with Crippen LogP contribution in [-0.4, -0.2) is 4.57 Å². The first-order valence-corrected chi connectivity index (χ1v) is 10.7. The Hall–Kier alpha value is -3.55. The predicted molar refractivity (Wildman–Crippen MR) is 127 cm³/mol. The molecule has 0 spiro atoms. The van der Waals surface area contributed by atoms with Crippen LogP contribution in [0.15, 0.2) is 106 Å². The van der Waals surface area contributed by atoms with Crippen molar-refractivity contribution in [1.82, 2.24) is 4.57 Å². The van der Waals surface area contributed by atoms with Crippen LogP contribution in [-0.2, 0) is 13.2 Å². The van der Waals surface area contributed by atoms with E-state index in [0.717, 1.165) is 21.2 Å². The van der Waals surface area contributed by atoms with Gasteiger partial charge in [0.2, 0.25) is 0 Å². The number of rotatable bonds is 5. The molecule has 152 valence electrons. The van der Waals surface area contributed by atoms with Crippen molar-refractivity contribution in [2.75, 3.05) is 0 Å². The molecule has 0 aliphatic carbocycles. The fourth-order valence-corrected chi connectivity index (χ4v) is 3.37. The van der Waals surface area contributed by atoms with Crippen LogP contribution in [0.25, 0.3) is 0 Å². The zero-order valence-electron chi connectivity index (χ0n) is 16.8. The first kappa shape index (κ1) is 20.7. The third kappa shape index (κ3) is 5.53. The van der Waals surface area contributed by atoms with Gasteiger partial charge in [-0.1, -0.05) is 88.4 Å². The fourth-order valence-electron chi connectivity index (χ4n) is 3.10. The van der Waals surface area contributed by atoms with Crippen molar-refractivity contribution >= 4 is 15.9 Å². The second kappa shape index (κ2) is 9.97. The number of hydrogen-bond donors (Lipinski definition) is 0. The van der Waals surface area contributed by atoms with Gasteiger partial charge in [-0.2, -0.15) is 0 Å². The zero-order valence-corrected chi connectivity index (χ0v) is 18.4. The Balaban J connectivity index is 1.69. The highest BCUT2D eigenvalue weighted by Crippen LogP contribution is 2.17. The van der Waals surface area contributed by atoms with E-state index in [-0.39, 0.29) is 5.56 Å². The quantitative estimate of drug-likeness (QED) is 0.354. The summed E-state index contributed by atoms with van der Waals surface area (Å²) in [6, 6.07) is 29.2. The maximum Gasteiger partial charge on any atom is 0.270 e. The van der Waals surface area contributed by atoms with E-state index in [1.807, 2.05) is 91.0 Å². The number of ether oxygens (including phenoxy) is 1. The summed E-state index contributed by atoms with van der Waals surface area (Å²) in [6.45, 7) is 0.849. The van der Waals surface area contributed by atoms with E-state index in [1.54, 1.807) is 10.8 Å². The molecule has 4 rings (SSSR count). The summed E-state index contributed by atoms with van der Waals surface area (Å²) in [6.07, 6.45) is 1.76. The van der Waals surface area contributed by atoms with E-state index in [0.29, 0.717) is 24.5 Å². The topological polar surface area (TPSA) is 31.2 Å². The van der Waals surface area contributed by atoms with Gasteiger partial charge in [0.1, 0.15) is 17.9 Å². The summed E-state index contributed by atoms with van der Waals surface area (Å²) < 4.78 is 8.64. The van der Waals surface area contributed by atoms with E-state index >= 15 is 0 Å². The second-order valence-electron chi connectivity index (χ2n) is 7.00. The fraction of sp³-hybridized carbons (Fsp3) is 0.0741. The number of halogens is 1. The van der Waals surface area contributed by atoms with Crippen molar-refractivity contribution in [2.45, 2.75) is 13.2 Å². The molecule has 0 amide bonds. The summed E-state index contributed by atoms with van der Waals surface area (Å²) in [4.78, 5) is 13.3. The molecular weight excluding hydrogens is 450 g/mol. The predicted octanol–water partition coefficient (Wildman–Crippen LogP) is 5.64. The van der Waals surface area contributed by atoms with Gasteiger partial charge in [0.05, 0.1) is 6.54 Å². The molecule has 0 radical (unpaired) electrons. The third-order valence-electron chi connectivity index (χ3n) is 4.74. The van der Waals surface area contributed by atoms with E-state index in [1.165, 1.54) is 0 Å². The van der Waals surface area contributed by atoms with Crippen LogP contribution in [0.5, 0.6) is 5.75 Å². The van der Waals surface area contributed by atoms with Crippen molar-refractivity contribution in [3.8, 4) is 17.6 Å². The highest BCUT2D eigenvalue weighted by atomic mass is 79.9. The lowest BCUT2D eigenvalue weighted by atomic mass is 10.2. The molecule has 0 saturated heterocycles. The normalized spacial score (nSPS) is 10.2. The van der Waals surface area contributed by atoms with Gasteiger partial charge in [-0.05, 0) is 41.5 Å². The average molecular weight is 470 g/mol. The number of benzene rings is 3. The Kier molecular flexibility index (Phi) is 6.66. The largest absolute Gasteiger partial charge is 0.487 e. The van der Waals surface area contributed by atoms with Crippen LogP contribution >= 0.6 is 15.9 Å². The summed E-state index contributed by atoms with van der Waals surface area (Å²) in [5.74, 6) is 6.64. The molecule has 4 aromatic rings. The maximum atomic E-state index is 13.3. The summed E-state index contributed by atoms with van der Waals surface area (Å²) >= 11 is 3.43. The molecule has 0 saturated carbocycles. The Morgan fingerprint density at radius 3 is 2.10 bits per heavy atom. The lowest BCUT2D eigenvalue weighted by molar-refractivity contribution is 0.304. The number of aromatic nitrogens is 1. The molecule has 0 aliphatic rings. The molecule has 0 N–H and O–H groups in total. The highest BCUT2D eigenvalue weighted by Gasteiger charge is 2.10. The van der Waals surface area contributed by atoms with Crippen LogP contribution in [0, 0.1) is 11.8 Å². The monoisotopic (exact) mass is 469 g/mol. The van der Waals surface area contributed by atoms with E-state index in [4.69, 9.17) is 4.74 Å². The van der Waals surface area contributed by atoms with Crippen LogP contribution < -0.4 is 10.3 Å². The molecule has 31 heavy (non-hydrogen) atoms. The summed E-state index contributed by atoms with van der Waals surface area (Å²) in [5, 5.41) is 0. The number of pyridine rings is 1. The second-order valence-corrected chi connectivity index (χ2v) is 7.92. The van der Waals surface area contributed by atoms with Gasteiger partial charge in [-0.3, -0.25) is 4.79 Å². The minimum Gasteiger partial charge on any atom is -0.487 e. The highest BCUT2D eigenvalue weighted by molar-refractivity contribution is 9.10. The van der Waals surface area contributed by atoms with Gasteiger partial charge in [-0.25, -0.2) is 0 Å². The van der Waals surface area contributed by atoms with Crippen molar-refractivity contribution in [3.63, 3.8) is 0 Å². The van der Waals surface area contributed by atoms with Crippen molar-refractivity contribution in [1.29, 1.82) is 0 Å². The Bertz CT molecular complexity index is 1270. The van der Waals surface area contributed by atoms with Gasteiger partial charge >= 0.3 is 0 Å². The first-order valence-electron chi connectivity index (χ1n) is 9.91. The van der Waals surface area contributed by atoms with Crippen LogP contribution in [0.1, 0.15) is 22.3 Å². The lowest BCUT2D eigenvalue weighted by Gasteiger charge is -2.12. The van der Waals surface area contributed by atoms with E-state index in [2.05, 4.69) is 27.8 Å². The van der Waals surface area contributed by atoms with Crippen molar-refractivity contribution in [3.05, 3.63) is 134 Å². The van der Waals surface area contributed by atoms with Crippen LogP contribution in [0.3, 0.4) is 0 Å². The average Bonchev–Trinajstić information content (AvgIpc) is 2.81. The van der Waals surface area contributed by atoms with Gasteiger partial charge < -0.3 is 9.30 Å². The molecule has 0 atom stereocenters. The zero-order chi connectivity index (χ0) is 21.5. The molecule has 3 nitrogen and oxygen atoms in total. The Labute approximate surface area is 190 Å². The SMILES string of the molecule is O=c1c(C#Cc2ccc(Br)cc2)c(OCc2ccccc2)ccn1Cc1ccccc1. The van der Waals surface area contributed by atoms with E-state index in [9.17, 15) is 4.79 Å². The molecule has 0 unspecified atom stereocenters. The van der Waals surface area contributed by atoms with Crippen LogP contribution in [0.4, 0.5) is 0 Å². The molecule has 0 bridgehead atoms. The molecule has 3 aromatic carbocycles. The van der Waals surface area contributed by atoms with Gasteiger partial charge in [0, 0.05) is 16.2 Å². The molecule has 0 fully saturated rings. The van der Waals surface area contributed by atoms with Crippen LogP contribution in [0.2, 0.25) is 0 Å². The van der Waals surface area contributed by atoms with Crippen molar-refractivity contribution in [2.24, 2.45) is 0 Å². The standard InChI is InChI=1S/C27H20BrNO2/c28-24-14-11-21(12-15-24)13-16-25-26(31-20-23-9-5-2-6-10-23)17-18-29(27(25)30)19-22-7-3-1-4-8-22/h1-12,14-15,17-18H,19-20H2. The molecule has 4 heteroatoms. The Morgan fingerprint density at radius 2 is 1.42 bits per heavy atom. The summed E-state index contributed by atoms with van der Waals surface area (Å²) in [5.41, 5.74) is 3.10. The Morgan fingerprint density at radius 1 is 0.774 bits per heavy atom. The van der Waals surface area contributed by atoms with Gasteiger partial charge in [0.25, 0.3) is 5.56 Å². The first-order chi connectivity index (χ1) is 15.2. The lowest BCUT2D eigenvalue weighted by Crippen LogP contribution is -2.23. The summed E-state index contributed by atoms with van der Waals surface area (Å²) in [7, 11) is 0.